The Morgan fingerprint density at radius 1 is 0.939 bits per heavy atom. The molecule has 0 aliphatic carbocycles. The Morgan fingerprint density at radius 2 is 1.58 bits per heavy atom. The highest BCUT2D eigenvalue weighted by Crippen LogP contribution is 2.29. The van der Waals surface area contributed by atoms with Gasteiger partial charge in [-0.05, 0) is 55.5 Å². The van der Waals surface area contributed by atoms with Crippen molar-refractivity contribution >= 4 is 29.2 Å². The Hall–Kier alpha value is -4.13. The first-order chi connectivity index (χ1) is 16.0. The third-order valence-electron chi connectivity index (χ3n) is 5.27. The van der Waals surface area contributed by atoms with E-state index < -0.39 is 24.4 Å². The molecule has 0 spiro atoms. The van der Waals surface area contributed by atoms with Gasteiger partial charge < -0.3 is 19.7 Å². The number of para-hydroxylation sites is 1. The zero-order valence-corrected chi connectivity index (χ0v) is 18.2. The van der Waals surface area contributed by atoms with E-state index in [1.807, 2.05) is 37.3 Å². The lowest BCUT2D eigenvalue weighted by molar-refractivity contribution is -0.151. The SMILES string of the molecule is Cc1ccc(Oc2ccc(N3C[C@@H](C(=O)OCC(=O)Nc4ccccc4)CC3=O)cc2)cc1. The van der Waals surface area contributed by atoms with Gasteiger partial charge in [0.15, 0.2) is 6.61 Å². The van der Waals surface area contributed by atoms with E-state index in [1.54, 1.807) is 53.4 Å². The van der Waals surface area contributed by atoms with Crippen LogP contribution in [0.1, 0.15) is 12.0 Å². The Labute approximate surface area is 191 Å². The number of ether oxygens (including phenoxy) is 2. The molecule has 0 saturated carbocycles. The summed E-state index contributed by atoms with van der Waals surface area (Å²) in [6.07, 6.45) is 0.0424. The third kappa shape index (κ3) is 5.77. The van der Waals surface area contributed by atoms with Gasteiger partial charge in [-0.25, -0.2) is 0 Å². The van der Waals surface area contributed by atoms with Crippen molar-refractivity contribution in [2.24, 2.45) is 5.92 Å². The van der Waals surface area contributed by atoms with Crippen molar-refractivity contribution in [3.63, 3.8) is 0 Å². The summed E-state index contributed by atoms with van der Waals surface area (Å²) in [6, 6.07) is 23.7. The zero-order valence-electron chi connectivity index (χ0n) is 18.2. The number of esters is 1. The predicted molar refractivity (Wildman–Crippen MR) is 124 cm³/mol. The number of amides is 2. The smallest absolute Gasteiger partial charge is 0.311 e. The number of carbonyl (C=O) groups is 3. The molecule has 7 nitrogen and oxygen atoms in total. The van der Waals surface area contributed by atoms with Crippen molar-refractivity contribution in [2.75, 3.05) is 23.4 Å². The van der Waals surface area contributed by atoms with Crippen molar-refractivity contribution in [1.82, 2.24) is 0 Å². The summed E-state index contributed by atoms with van der Waals surface area (Å²) in [5, 5.41) is 2.65. The maximum atomic E-state index is 12.5. The van der Waals surface area contributed by atoms with Crippen molar-refractivity contribution in [3.05, 3.63) is 84.4 Å². The maximum Gasteiger partial charge on any atom is 0.311 e. The molecule has 1 heterocycles. The minimum absolute atomic E-state index is 0.0424. The van der Waals surface area contributed by atoms with Gasteiger partial charge in [-0.1, -0.05) is 35.9 Å². The summed E-state index contributed by atoms with van der Waals surface area (Å²) >= 11 is 0. The van der Waals surface area contributed by atoms with Gasteiger partial charge in [-0.2, -0.15) is 0 Å². The molecule has 1 N–H and O–H groups in total. The summed E-state index contributed by atoms with van der Waals surface area (Å²) in [5.74, 6) is -0.406. The van der Waals surface area contributed by atoms with E-state index >= 15 is 0 Å². The Bertz CT molecular complexity index is 1130. The highest BCUT2D eigenvalue weighted by molar-refractivity contribution is 6.00. The van der Waals surface area contributed by atoms with E-state index in [4.69, 9.17) is 9.47 Å². The van der Waals surface area contributed by atoms with Crippen LogP contribution >= 0.6 is 0 Å². The summed E-state index contributed by atoms with van der Waals surface area (Å²) in [7, 11) is 0. The van der Waals surface area contributed by atoms with Crippen molar-refractivity contribution < 1.29 is 23.9 Å². The van der Waals surface area contributed by atoms with Crippen LogP contribution in [0.15, 0.2) is 78.9 Å². The minimum Gasteiger partial charge on any atom is -0.457 e. The summed E-state index contributed by atoms with van der Waals surface area (Å²) in [5.41, 5.74) is 2.44. The molecule has 0 bridgehead atoms. The molecule has 33 heavy (non-hydrogen) atoms. The molecule has 0 unspecified atom stereocenters. The molecule has 3 aromatic rings. The van der Waals surface area contributed by atoms with Crippen LogP contribution in [0.3, 0.4) is 0 Å². The number of aryl methyl sites for hydroxylation is 1. The molecule has 1 atom stereocenters. The van der Waals surface area contributed by atoms with E-state index in [0.29, 0.717) is 17.1 Å². The van der Waals surface area contributed by atoms with Crippen LogP contribution in [0, 0.1) is 12.8 Å². The second-order valence-electron chi connectivity index (χ2n) is 7.84. The Kier molecular flexibility index (Phi) is 6.69. The lowest BCUT2D eigenvalue weighted by Crippen LogP contribution is -2.28. The minimum atomic E-state index is -0.620. The molecule has 1 fully saturated rings. The van der Waals surface area contributed by atoms with E-state index in [-0.39, 0.29) is 18.9 Å². The van der Waals surface area contributed by atoms with Gasteiger partial charge in [0.2, 0.25) is 5.91 Å². The number of rotatable bonds is 7. The first kappa shape index (κ1) is 22.1. The van der Waals surface area contributed by atoms with Crippen LogP contribution < -0.4 is 15.0 Å². The number of nitrogens with zero attached hydrogens (tertiary/aromatic N) is 1. The monoisotopic (exact) mass is 444 g/mol. The Morgan fingerprint density at radius 3 is 2.24 bits per heavy atom. The molecule has 1 saturated heterocycles. The quantitative estimate of drug-likeness (QED) is 0.549. The number of anilines is 2. The van der Waals surface area contributed by atoms with Gasteiger partial charge in [0.25, 0.3) is 5.91 Å². The third-order valence-corrected chi connectivity index (χ3v) is 5.27. The molecular formula is C26H24N2O5. The second-order valence-corrected chi connectivity index (χ2v) is 7.84. The van der Waals surface area contributed by atoms with Gasteiger partial charge in [0, 0.05) is 24.3 Å². The average Bonchev–Trinajstić information content (AvgIpc) is 3.22. The normalized spacial score (nSPS) is 15.2. The van der Waals surface area contributed by atoms with Gasteiger partial charge in [0.1, 0.15) is 11.5 Å². The average molecular weight is 444 g/mol. The highest BCUT2D eigenvalue weighted by Gasteiger charge is 2.36. The number of hydrogen-bond donors (Lipinski definition) is 1. The van der Waals surface area contributed by atoms with Gasteiger partial charge in [-0.15, -0.1) is 0 Å². The van der Waals surface area contributed by atoms with Crippen LogP contribution in [0.2, 0.25) is 0 Å². The second kappa shape index (κ2) is 9.99. The van der Waals surface area contributed by atoms with Crippen LogP contribution in [0.25, 0.3) is 0 Å². The van der Waals surface area contributed by atoms with E-state index in [2.05, 4.69) is 5.32 Å². The van der Waals surface area contributed by atoms with Crippen molar-refractivity contribution in [2.45, 2.75) is 13.3 Å². The fraction of sp³-hybridized carbons (Fsp3) is 0.192. The first-order valence-electron chi connectivity index (χ1n) is 10.6. The van der Waals surface area contributed by atoms with Gasteiger partial charge in [-0.3, -0.25) is 14.4 Å². The largest absolute Gasteiger partial charge is 0.457 e. The number of carbonyl (C=O) groups excluding carboxylic acids is 3. The molecule has 0 aromatic heterocycles. The zero-order chi connectivity index (χ0) is 23.2. The number of hydrogen-bond acceptors (Lipinski definition) is 5. The van der Waals surface area contributed by atoms with Crippen LogP contribution in [0.5, 0.6) is 11.5 Å². The van der Waals surface area contributed by atoms with Crippen LogP contribution in [0.4, 0.5) is 11.4 Å². The maximum absolute atomic E-state index is 12.5. The molecule has 4 rings (SSSR count). The summed E-state index contributed by atoms with van der Waals surface area (Å²) in [6.45, 7) is 1.81. The standard InChI is InChI=1S/C26H24N2O5/c1-18-7-11-22(12-8-18)33-23-13-9-21(10-14-23)28-16-19(15-25(28)30)26(31)32-17-24(29)27-20-5-3-2-4-6-20/h2-14,19H,15-17H2,1H3,(H,27,29)/t19-/m0/s1. The van der Waals surface area contributed by atoms with Crippen LogP contribution in [-0.2, 0) is 19.1 Å². The molecule has 3 aromatic carbocycles. The number of benzene rings is 3. The molecule has 0 radical (unpaired) electrons. The lowest BCUT2D eigenvalue weighted by Gasteiger charge is -2.17. The highest BCUT2D eigenvalue weighted by atomic mass is 16.5. The molecular weight excluding hydrogens is 420 g/mol. The molecule has 1 aliphatic heterocycles. The van der Waals surface area contributed by atoms with E-state index in [1.165, 1.54) is 0 Å². The summed E-state index contributed by atoms with van der Waals surface area (Å²) in [4.78, 5) is 38.4. The molecule has 1 aliphatic rings. The Balaban J connectivity index is 1.29. The number of nitrogens with one attached hydrogen (secondary N) is 1. The molecule has 7 heteroatoms. The van der Waals surface area contributed by atoms with E-state index in [0.717, 1.165) is 11.3 Å². The van der Waals surface area contributed by atoms with Gasteiger partial charge >= 0.3 is 5.97 Å². The summed E-state index contributed by atoms with van der Waals surface area (Å²) < 4.78 is 11.0. The molecule has 2 amide bonds. The van der Waals surface area contributed by atoms with Crippen LogP contribution in [-0.4, -0.2) is 30.9 Å². The van der Waals surface area contributed by atoms with E-state index in [9.17, 15) is 14.4 Å². The molecule has 168 valence electrons. The van der Waals surface area contributed by atoms with Crippen molar-refractivity contribution in [1.29, 1.82) is 0 Å². The fourth-order valence-corrected chi connectivity index (χ4v) is 3.52. The van der Waals surface area contributed by atoms with Gasteiger partial charge in [0.05, 0.1) is 5.92 Å². The first-order valence-corrected chi connectivity index (χ1v) is 10.6. The topological polar surface area (TPSA) is 84.9 Å². The lowest BCUT2D eigenvalue weighted by atomic mass is 10.1. The fourth-order valence-electron chi connectivity index (χ4n) is 3.52. The predicted octanol–water partition coefficient (Wildman–Crippen LogP) is 4.32. The van der Waals surface area contributed by atoms with Crippen molar-refractivity contribution in [3.8, 4) is 11.5 Å².